The van der Waals surface area contributed by atoms with Crippen molar-refractivity contribution in [3.8, 4) is 5.88 Å². The fraction of sp³-hybridized carbons (Fsp3) is 0.364. The van der Waals surface area contributed by atoms with Crippen LogP contribution in [0.2, 0.25) is 0 Å². The molecule has 116 valence electrons. The number of hydrogen-bond donors (Lipinski definition) is 3. The number of ether oxygens (including phenoxy) is 1. The van der Waals surface area contributed by atoms with Crippen LogP contribution in [0.5, 0.6) is 5.88 Å². The molecule has 0 aromatic carbocycles. The number of rotatable bonds is 6. The largest absolute Gasteiger partial charge is 0.481 e. The molecule has 0 unspecified atom stereocenters. The first kappa shape index (κ1) is 16.5. The summed E-state index contributed by atoms with van der Waals surface area (Å²) in [7, 11) is 0. The normalized spacial score (nSPS) is 10.8. The third-order valence-electron chi connectivity index (χ3n) is 2.00. The van der Waals surface area contributed by atoms with Crippen molar-refractivity contribution in [1.82, 2.24) is 10.3 Å². The Morgan fingerprint density at radius 2 is 2.10 bits per heavy atom. The van der Waals surface area contributed by atoms with E-state index in [2.05, 4.69) is 20.4 Å². The summed E-state index contributed by atoms with van der Waals surface area (Å²) < 4.78 is 40.3. The van der Waals surface area contributed by atoms with Crippen molar-refractivity contribution < 1.29 is 32.6 Å². The zero-order valence-corrected chi connectivity index (χ0v) is 10.6. The zero-order chi connectivity index (χ0) is 15.9. The van der Waals surface area contributed by atoms with Gasteiger partial charge in [0.05, 0.1) is 6.42 Å². The van der Waals surface area contributed by atoms with E-state index in [1.165, 1.54) is 12.3 Å². The standard InChI is InChI=1S/C11H12F3N3O4/c12-11(13,14)6-21-8-5-7(1-3-15-8)17-10(20)16-4-2-9(18)19/h1,3,5H,2,4,6H2,(H,18,19)(H2,15,16,17,20). The molecule has 0 aliphatic heterocycles. The van der Waals surface area contributed by atoms with Crippen molar-refractivity contribution in [2.24, 2.45) is 0 Å². The van der Waals surface area contributed by atoms with E-state index in [1.54, 1.807) is 0 Å². The van der Waals surface area contributed by atoms with Crippen LogP contribution in [-0.4, -0.2) is 41.4 Å². The van der Waals surface area contributed by atoms with Crippen LogP contribution < -0.4 is 15.4 Å². The fourth-order valence-corrected chi connectivity index (χ4v) is 1.18. The molecule has 0 aliphatic carbocycles. The minimum absolute atomic E-state index is 0.0797. The maximum Gasteiger partial charge on any atom is 0.422 e. The summed E-state index contributed by atoms with van der Waals surface area (Å²) in [6.07, 6.45) is -3.57. The highest BCUT2D eigenvalue weighted by atomic mass is 19.4. The van der Waals surface area contributed by atoms with E-state index in [0.717, 1.165) is 6.07 Å². The second-order valence-corrected chi connectivity index (χ2v) is 3.81. The van der Waals surface area contributed by atoms with Crippen LogP contribution in [0.15, 0.2) is 18.3 Å². The van der Waals surface area contributed by atoms with Crippen molar-refractivity contribution in [3.05, 3.63) is 18.3 Å². The number of carbonyl (C=O) groups is 2. The van der Waals surface area contributed by atoms with Crippen LogP contribution >= 0.6 is 0 Å². The molecule has 0 radical (unpaired) electrons. The molecule has 0 fully saturated rings. The fourth-order valence-electron chi connectivity index (χ4n) is 1.18. The molecule has 21 heavy (non-hydrogen) atoms. The summed E-state index contributed by atoms with van der Waals surface area (Å²) in [5.41, 5.74) is 0.162. The molecular weight excluding hydrogens is 295 g/mol. The van der Waals surface area contributed by atoms with Gasteiger partial charge in [0.2, 0.25) is 5.88 Å². The average Bonchev–Trinajstić information content (AvgIpc) is 2.35. The minimum Gasteiger partial charge on any atom is -0.481 e. The number of nitrogens with zero attached hydrogens (tertiary/aromatic N) is 1. The van der Waals surface area contributed by atoms with Crippen molar-refractivity contribution in [3.63, 3.8) is 0 Å². The summed E-state index contributed by atoms with van der Waals surface area (Å²) >= 11 is 0. The van der Waals surface area contributed by atoms with Gasteiger partial charge < -0.3 is 20.5 Å². The summed E-state index contributed by atoms with van der Waals surface area (Å²) in [4.78, 5) is 25.2. The number of carboxylic acid groups (broad SMARTS) is 1. The van der Waals surface area contributed by atoms with Gasteiger partial charge in [-0.1, -0.05) is 0 Å². The number of anilines is 1. The lowest BCUT2D eigenvalue weighted by Gasteiger charge is -2.10. The number of urea groups is 1. The quantitative estimate of drug-likeness (QED) is 0.741. The number of alkyl halides is 3. The Labute approximate surface area is 117 Å². The van der Waals surface area contributed by atoms with Gasteiger partial charge in [-0.25, -0.2) is 9.78 Å². The molecule has 0 saturated carbocycles. The Morgan fingerprint density at radius 3 is 2.71 bits per heavy atom. The molecule has 2 amide bonds. The van der Waals surface area contributed by atoms with Crippen LogP contribution in [-0.2, 0) is 4.79 Å². The van der Waals surface area contributed by atoms with E-state index in [0.29, 0.717) is 0 Å². The van der Waals surface area contributed by atoms with Gasteiger partial charge >= 0.3 is 18.2 Å². The highest BCUT2D eigenvalue weighted by Crippen LogP contribution is 2.19. The first-order chi connectivity index (χ1) is 9.76. The van der Waals surface area contributed by atoms with Crippen molar-refractivity contribution >= 4 is 17.7 Å². The second-order valence-electron chi connectivity index (χ2n) is 3.81. The van der Waals surface area contributed by atoms with Gasteiger partial charge in [0, 0.05) is 24.5 Å². The van der Waals surface area contributed by atoms with Crippen molar-refractivity contribution in [2.45, 2.75) is 12.6 Å². The minimum atomic E-state index is -4.49. The van der Waals surface area contributed by atoms with Crippen LogP contribution in [0.3, 0.4) is 0 Å². The molecule has 0 bridgehead atoms. The highest BCUT2D eigenvalue weighted by Gasteiger charge is 2.28. The van der Waals surface area contributed by atoms with Crippen LogP contribution in [0, 0.1) is 0 Å². The van der Waals surface area contributed by atoms with Gasteiger partial charge in [-0.05, 0) is 6.07 Å². The molecule has 1 heterocycles. The van der Waals surface area contributed by atoms with Gasteiger partial charge in [-0.2, -0.15) is 13.2 Å². The molecule has 0 aliphatic rings. The van der Waals surface area contributed by atoms with E-state index in [1.807, 2.05) is 0 Å². The Kier molecular flexibility index (Phi) is 5.76. The maximum atomic E-state index is 12.0. The number of hydrogen-bond acceptors (Lipinski definition) is 4. The lowest BCUT2D eigenvalue weighted by Crippen LogP contribution is -2.30. The summed E-state index contributed by atoms with van der Waals surface area (Å²) in [5, 5.41) is 13.0. The number of carboxylic acids is 1. The average molecular weight is 307 g/mol. The van der Waals surface area contributed by atoms with Crippen LogP contribution in [0.1, 0.15) is 6.42 Å². The van der Waals surface area contributed by atoms with Gasteiger partial charge in [0.15, 0.2) is 6.61 Å². The lowest BCUT2D eigenvalue weighted by atomic mass is 10.4. The first-order valence-electron chi connectivity index (χ1n) is 5.68. The Morgan fingerprint density at radius 1 is 1.38 bits per heavy atom. The predicted octanol–water partition coefficient (Wildman–Crippen LogP) is 1.62. The molecule has 1 aromatic heterocycles. The summed E-state index contributed by atoms with van der Waals surface area (Å²) in [6, 6.07) is 1.77. The first-order valence-corrected chi connectivity index (χ1v) is 5.68. The third kappa shape index (κ3) is 7.60. The van der Waals surface area contributed by atoms with E-state index in [4.69, 9.17) is 5.11 Å². The van der Waals surface area contributed by atoms with E-state index in [9.17, 15) is 22.8 Å². The predicted molar refractivity (Wildman–Crippen MR) is 65.1 cm³/mol. The SMILES string of the molecule is O=C(O)CCNC(=O)Nc1ccnc(OCC(F)(F)F)c1. The van der Waals surface area contributed by atoms with Gasteiger partial charge in [-0.15, -0.1) is 0 Å². The number of aromatic nitrogens is 1. The molecule has 1 rings (SSSR count). The Hall–Kier alpha value is -2.52. The molecule has 1 aromatic rings. The van der Waals surface area contributed by atoms with Crippen LogP contribution in [0.4, 0.5) is 23.7 Å². The molecule has 7 nitrogen and oxygen atoms in total. The van der Waals surface area contributed by atoms with Gasteiger partial charge in [-0.3, -0.25) is 4.79 Å². The number of amides is 2. The molecule has 0 spiro atoms. The number of nitrogens with one attached hydrogen (secondary N) is 2. The van der Waals surface area contributed by atoms with Gasteiger partial charge in [0.25, 0.3) is 0 Å². The Balaban J connectivity index is 2.48. The summed E-state index contributed by atoms with van der Waals surface area (Å²) in [6.45, 7) is -1.57. The van der Waals surface area contributed by atoms with E-state index in [-0.39, 0.29) is 24.5 Å². The maximum absolute atomic E-state index is 12.0. The molecule has 3 N–H and O–H groups in total. The number of pyridine rings is 1. The van der Waals surface area contributed by atoms with Crippen molar-refractivity contribution in [1.29, 1.82) is 0 Å². The number of halogens is 3. The molecule has 0 saturated heterocycles. The summed E-state index contributed by atoms with van der Waals surface area (Å²) in [5.74, 6) is -1.36. The topological polar surface area (TPSA) is 101 Å². The monoisotopic (exact) mass is 307 g/mol. The van der Waals surface area contributed by atoms with Gasteiger partial charge in [0.1, 0.15) is 0 Å². The zero-order valence-electron chi connectivity index (χ0n) is 10.6. The third-order valence-corrected chi connectivity index (χ3v) is 2.00. The Bertz CT molecular complexity index is 508. The molecule has 10 heteroatoms. The molecule has 0 atom stereocenters. The van der Waals surface area contributed by atoms with Crippen molar-refractivity contribution in [2.75, 3.05) is 18.5 Å². The molecular formula is C11H12F3N3O4. The lowest BCUT2D eigenvalue weighted by molar-refractivity contribution is -0.154. The van der Waals surface area contributed by atoms with E-state index >= 15 is 0 Å². The number of carbonyl (C=O) groups excluding carboxylic acids is 1. The smallest absolute Gasteiger partial charge is 0.422 e. The second kappa shape index (κ2) is 7.31. The van der Waals surface area contributed by atoms with E-state index < -0.39 is 24.8 Å². The highest BCUT2D eigenvalue weighted by molar-refractivity contribution is 5.89. The van der Waals surface area contributed by atoms with Crippen LogP contribution in [0.25, 0.3) is 0 Å². The number of aliphatic carboxylic acids is 1.